The molecule has 2 N–H and O–H groups in total. The van der Waals surface area contributed by atoms with Crippen LogP contribution < -0.4 is 5.32 Å². The first-order chi connectivity index (χ1) is 11.4. The summed E-state index contributed by atoms with van der Waals surface area (Å²) in [5.41, 5.74) is 3.72. The summed E-state index contributed by atoms with van der Waals surface area (Å²) >= 11 is 0. The third-order valence-electron chi connectivity index (χ3n) is 4.98. The summed E-state index contributed by atoms with van der Waals surface area (Å²) in [5.74, 6) is 0.0958. The number of rotatable bonds is 1. The number of carbonyl (C=O) groups is 1. The van der Waals surface area contributed by atoms with Crippen molar-refractivity contribution in [2.24, 2.45) is 5.41 Å². The van der Waals surface area contributed by atoms with Gasteiger partial charge in [-0.2, -0.15) is 5.10 Å². The number of nitrogens with one attached hydrogen (secondary N) is 2. The lowest BCUT2D eigenvalue weighted by Gasteiger charge is -2.38. The number of hydrogen-bond acceptors (Lipinski definition) is 3. The Morgan fingerprint density at radius 1 is 1.25 bits per heavy atom. The lowest BCUT2D eigenvalue weighted by atomic mass is 9.69. The second kappa shape index (κ2) is 5.03. The van der Waals surface area contributed by atoms with Gasteiger partial charge in [-0.15, -0.1) is 0 Å². The number of anilines is 1. The summed E-state index contributed by atoms with van der Waals surface area (Å²) in [7, 11) is 0. The van der Waals surface area contributed by atoms with Crippen LogP contribution in [0.3, 0.4) is 0 Å². The molecule has 4 rings (SSSR count). The zero-order valence-electron chi connectivity index (χ0n) is 14.0. The van der Waals surface area contributed by atoms with E-state index in [4.69, 9.17) is 0 Å². The van der Waals surface area contributed by atoms with Gasteiger partial charge in [0, 0.05) is 40.4 Å². The van der Waals surface area contributed by atoms with Gasteiger partial charge in [-0.05, 0) is 24.8 Å². The van der Waals surface area contributed by atoms with E-state index in [9.17, 15) is 9.18 Å². The lowest BCUT2D eigenvalue weighted by Crippen LogP contribution is -2.34. The minimum atomic E-state index is -0.403. The molecular formula is C19H20FN3O. The molecule has 5 heteroatoms. The Morgan fingerprint density at radius 2 is 2.00 bits per heavy atom. The smallest absolute Gasteiger partial charge is 0.162 e. The van der Waals surface area contributed by atoms with E-state index in [1.807, 2.05) is 13.0 Å². The Bertz CT molecular complexity index is 878. The van der Waals surface area contributed by atoms with Crippen LogP contribution in [-0.4, -0.2) is 16.0 Å². The molecule has 24 heavy (non-hydrogen) atoms. The van der Waals surface area contributed by atoms with Crippen LogP contribution in [0.5, 0.6) is 0 Å². The molecule has 1 aromatic carbocycles. The molecule has 124 valence electrons. The van der Waals surface area contributed by atoms with Gasteiger partial charge >= 0.3 is 0 Å². The molecule has 0 unspecified atom stereocenters. The number of aromatic amines is 1. The van der Waals surface area contributed by atoms with Gasteiger partial charge in [0.1, 0.15) is 5.82 Å². The van der Waals surface area contributed by atoms with Crippen LogP contribution in [0.1, 0.15) is 49.4 Å². The van der Waals surface area contributed by atoms with E-state index >= 15 is 0 Å². The van der Waals surface area contributed by atoms with Crippen molar-refractivity contribution in [3.05, 3.63) is 58.2 Å². The van der Waals surface area contributed by atoms with Gasteiger partial charge in [0.25, 0.3) is 0 Å². The number of ketones is 1. The number of aryl methyl sites for hydroxylation is 1. The van der Waals surface area contributed by atoms with Crippen molar-refractivity contribution in [2.45, 2.75) is 39.5 Å². The maximum absolute atomic E-state index is 14.6. The monoisotopic (exact) mass is 325 g/mol. The second-order valence-corrected chi connectivity index (χ2v) is 7.52. The summed E-state index contributed by atoms with van der Waals surface area (Å²) in [6.45, 7) is 6.07. The van der Waals surface area contributed by atoms with Crippen molar-refractivity contribution in [3.8, 4) is 0 Å². The molecule has 0 fully saturated rings. The number of carbonyl (C=O) groups excluding carboxylic acids is 1. The largest absolute Gasteiger partial charge is 0.342 e. The molecule has 2 aliphatic rings. The van der Waals surface area contributed by atoms with Crippen molar-refractivity contribution < 1.29 is 9.18 Å². The van der Waals surface area contributed by atoms with E-state index in [1.54, 1.807) is 12.1 Å². The van der Waals surface area contributed by atoms with Crippen LogP contribution in [0.4, 0.5) is 10.2 Å². The number of nitrogens with zero attached hydrogens (tertiary/aromatic N) is 1. The number of allylic oxidation sites excluding steroid dienone is 2. The molecule has 0 saturated carbocycles. The van der Waals surface area contributed by atoms with E-state index in [-0.39, 0.29) is 17.0 Å². The first-order valence-electron chi connectivity index (χ1n) is 8.20. The number of benzene rings is 1. The molecule has 0 radical (unpaired) electrons. The molecular weight excluding hydrogens is 305 g/mol. The average Bonchev–Trinajstić information content (AvgIpc) is 2.86. The topological polar surface area (TPSA) is 57.8 Å². The van der Waals surface area contributed by atoms with E-state index in [0.29, 0.717) is 23.4 Å². The minimum Gasteiger partial charge on any atom is -0.342 e. The number of fused-ring (bicyclic) bond motifs is 1. The standard InChI is InChI=1S/C19H20FN3O/c1-10-15-16(11-6-4-5-7-12(11)20)17-13(21-18(15)23-22-10)8-19(2,3)9-14(17)24/h4-7,16H,8-9H2,1-3H3,(H2,21,22,23)/t16-/m1/s1. The molecule has 1 aromatic heterocycles. The van der Waals surface area contributed by atoms with Gasteiger partial charge in [-0.3, -0.25) is 9.89 Å². The highest BCUT2D eigenvalue weighted by atomic mass is 19.1. The Morgan fingerprint density at radius 3 is 2.75 bits per heavy atom. The lowest BCUT2D eigenvalue weighted by molar-refractivity contribution is -0.118. The number of Topliss-reactive ketones (excluding diaryl/α,β-unsaturated/α-hetero) is 1. The van der Waals surface area contributed by atoms with Crippen LogP contribution >= 0.6 is 0 Å². The van der Waals surface area contributed by atoms with Crippen LogP contribution in [-0.2, 0) is 4.79 Å². The number of H-pyrrole nitrogens is 1. The van der Waals surface area contributed by atoms with Gasteiger partial charge in [0.05, 0.1) is 0 Å². The first-order valence-corrected chi connectivity index (χ1v) is 8.20. The Labute approximate surface area is 140 Å². The van der Waals surface area contributed by atoms with Gasteiger partial charge in [0.15, 0.2) is 11.6 Å². The van der Waals surface area contributed by atoms with Crippen molar-refractivity contribution >= 4 is 11.6 Å². The summed E-state index contributed by atoms with van der Waals surface area (Å²) < 4.78 is 14.6. The van der Waals surface area contributed by atoms with Crippen molar-refractivity contribution in [2.75, 3.05) is 5.32 Å². The molecule has 2 heterocycles. The number of hydrogen-bond donors (Lipinski definition) is 2. The molecule has 0 bridgehead atoms. The summed E-state index contributed by atoms with van der Waals surface area (Å²) in [6.07, 6.45) is 1.23. The van der Waals surface area contributed by atoms with Crippen LogP contribution in [0.2, 0.25) is 0 Å². The SMILES string of the molecule is Cc1[nH]nc2c1[C@@H](c1ccccc1F)C1=C(CC(C)(C)CC1=O)N2. The molecule has 1 aliphatic heterocycles. The Balaban J connectivity index is 1.97. The third-order valence-corrected chi connectivity index (χ3v) is 4.98. The second-order valence-electron chi connectivity index (χ2n) is 7.52. The maximum Gasteiger partial charge on any atom is 0.162 e. The fourth-order valence-corrected chi connectivity index (χ4v) is 3.97. The third kappa shape index (κ3) is 2.19. The normalized spacial score (nSPS) is 22.0. The van der Waals surface area contributed by atoms with Crippen LogP contribution in [0, 0.1) is 18.2 Å². The fourth-order valence-electron chi connectivity index (χ4n) is 3.97. The summed E-state index contributed by atoms with van der Waals surface area (Å²) in [4.78, 5) is 12.9. The first kappa shape index (κ1) is 15.1. The average molecular weight is 325 g/mol. The quantitative estimate of drug-likeness (QED) is 0.831. The Hall–Kier alpha value is -2.43. The molecule has 4 nitrogen and oxygen atoms in total. The predicted octanol–water partition coefficient (Wildman–Crippen LogP) is 4.06. The van der Waals surface area contributed by atoms with Gasteiger partial charge < -0.3 is 5.32 Å². The summed E-state index contributed by atoms with van der Waals surface area (Å²) in [6, 6.07) is 6.69. The highest BCUT2D eigenvalue weighted by Gasteiger charge is 2.42. The molecule has 1 atom stereocenters. The van der Waals surface area contributed by atoms with Crippen molar-refractivity contribution in [1.82, 2.24) is 10.2 Å². The van der Waals surface area contributed by atoms with Crippen LogP contribution in [0.15, 0.2) is 35.5 Å². The molecule has 1 aliphatic carbocycles. The number of aromatic nitrogens is 2. The molecule has 0 saturated heterocycles. The van der Waals surface area contributed by atoms with Gasteiger partial charge in [-0.1, -0.05) is 32.0 Å². The van der Waals surface area contributed by atoms with E-state index in [0.717, 1.165) is 23.4 Å². The predicted molar refractivity (Wildman–Crippen MR) is 90.2 cm³/mol. The molecule has 0 amide bonds. The van der Waals surface area contributed by atoms with Gasteiger partial charge in [-0.25, -0.2) is 4.39 Å². The molecule has 2 aromatic rings. The van der Waals surface area contributed by atoms with Crippen molar-refractivity contribution in [1.29, 1.82) is 0 Å². The van der Waals surface area contributed by atoms with Gasteiger partial charge in [0.2, 0.25) is 0 Å². The summed E-state index contributed by atoms with van der Waals surface area (Å²) in [5, 5.41) is 10.6. The maximum atomic E-state index is 14.6. The molecule has 0 spiro atoms. The fraction of sp³-hybridized carbons (Fsp3) is 0.368. The highest BCUT2D eigenvalue weighted by molar-refractivity contribution is 6.01. The zero-order valence-corrected chi connectivity index (χ0v) is 14.0. The minimum absolute atomic E-state index is 0.0910. The highest BCUT2D eigenvalue weighted by Crippen LogP contribution is 2.49. The Kier molecular flexibility index (Phi) is 3.17. The van der Waals surface area contributed by atoms with E-state index in [2.05, 4.69) is 29.4 Å². The van der Waals surface area contributed by atoms with E-state index < -0.39 is 5.92 Å². The number of halogens is 1. The van der Waals surface area contributed by atoms with E-state index in [1.165, 1.54) is 6.07 Å². The van der Waals surface area contributed by atoms with Crippen molar-refractivity contribution in [3.63, 3.8) is 0 Å². The zero-order chi connectivity index (χ0) is 17.1. The van der Waals surface area contributed by atoms with Crippen LogP contribution in [0.25, 0.3) is 0 Å².